The van der Waals surface area contributed by atoms with Crippen LogP contribution in [-0.2, 0) is 14.3 Å². The summed E-state index contributed by atoms with van der Waals surface area (Å²) in [5, 5.41) is 2.38. The third-order valence-corrected chi connectivity index (χ3v) is 3.46. The number of benzene rings is 2. The van der Waals surface area contributed by atoms with Crippen molar-refractivity contribution in [1.29, 1.82) is 0 Å². The first kappa shape index (κ1) is 20.4. The van der Waals surface area contributed by atoms with Gasteiger partial charge in [0.25, 0.3) is 17.7 Å². The van der Waals surface area contributed by atoms with Gasteiger partial charge in [-0.2, -0.15) is 0 Å². The van der Waals surface area contributed by atoms with Gasteiger partial charge in [0.05, 0.1) is 7.11 Å². The van der Waals surface area contributed by atoms with Crippen LogP contribution in [0.4, 0.5) is 0 Å². The van der Waals surface area contributed by atoms with Gasteiger partial charge < -0.3 is 14.8 Å². The van der Waals surface area contributed by atoms with Crippen LogP contribution in [0.5, 0.6) is 5.75 Å². The average Bonchev–Trinajstić information content (AvgIpc) is 2.74. The number of esters is 1. The SMILES string of the molecule is COc1ccc(C(=O)NCC(=O)OCC(=O)NNC(=O)c2ccccc2)cc1. The number of nitrogens with one attached hydrogen (secondary N) is 3. The lowest BCUT2D eigenvalue weighted by Gasteiger charge is -2.09. The topological polar surface area (TPSA) is 123 Å². The Labute approximate surface area is 161 Å². The largest absolute Gasteiger partial charge is 0.497 e. The molecule has 0 atom stereocenters. The standard InChI is InChI=1S/C19H19N3O6/c1-27-15-9-7-14(8-10-15)18(25)20-11-17(24)28-12-16(23)21-22-19(26)13-5-3-2-4-6-13/h2-10H,11-12H2,1H3,(H,20,25)(H,21,23)(H,22,26). The second kappa shape index (κ2) is 10.3. The van der Waals surface area contributed by atoms with E-state index in [4.69, 9.17) is 9.47 Å². The smallest absolute Gasteiger partial charge is 0.325 e. The molecule has 2 rings (SSSR count). The molecule has 3 amide bonds. The third-order valence-electron chi connectivity index (χ3n) is 3.46. The van der Waals surface area contributed by atoms with Crippen molar-refractivity contribution in [3.63, 3.8) is 0 Å². The zero-order valence-electron chi connectivity index (χ0n) is 15.1. The van der Waals surface area contributed by atoms with Crippen LogP contribution in [0.15, 0.2) is 54.6 Å². The number of ether oxygens (including phenoxy) is 2. The van der Waals surface area contributed by atoms with Crippen molar-refractivity contribution in [2.75, 3.05) is 20.3 Å². The molecule has 0 unspecified atom stereocenters. The zero-order chi connectivity index (χ0) is 20.4. The Morgan fingerprint density at radius 1 is 0.821 bits per heavy atom. The fraction of sp³-hybridized carbons (Fsp3) is 0.158. The Hall–Kier alpha value is -3.88. The third kappa shape index (κ3) is 6.45. The van der Waals surface area contributed by atoms with E-state index in [9.17, 15) is 19.2 Å². The maximum atomic E-state index is 11.9. The van der Waals surface area contributed by atoms with Crippen LogP contribution in [0.1, 0.15) is 20.7 Å². The summed E-state index contributed by atoms with van der Waals surface area (Å²) in [6, 6.07) is 14.6. The van der Waals surface area contributed by atoms with Gasteiger partial charge in [-0.15, -0.1) is 0 Å². The molecule has 0 saturated heterocycles. The Morgan fingerprint density at radius 2 is 1.46 bits per heavy atom. The van der Waals surface area contributed by atoms with Crippen LogP contribution in [0, 0.1) is 0 Å². The number of carbonyl (C=O) groups is 4. The van der Waals surface area contributed by atoms with E-state index in [1.54, 1.807) is 54.6 Å². The van der Waals surface area contributed by atoms with Crippen LogP contribution in [0.2, 0.25) is 0 Å². The number of hydrazine groups is 1. The monoisotopic (exact) mass is 385 g/mol. The molecule has 0 aliphatic carbocycles. The highest BCUT2D eigenvalue weighted by Crippen LogP contribution is 2.10. The van der Waals surface area contributed by atoms with Gasteiger partial charge in [-0.05, 0) is 36.4 Å². The number of amides is 3. The van der Waals surface area contributed by atoms with Gasteiger partial charge in [0.15, 0.2) is 6.61 Å². The molecule has 0 radical (unpaired) electrons. The second-order valence-electron chi connectivity index (χ2n) is 5.44. The molecule has 9 heteroatoms. The lowest BCUT2D eigenvalue weighted by atomic mass is 10.2. The highest BCUT2D eigenvalue weighted by Gasteiger charge is 2.12. The minimum Gasteiger partial charge on any atom is -0.497 e. The summed E-state index contributed by atoms with van der Waals surface area (Å²) >= 11 is 0. The van der Waals surface area contributed by atoms with E-state index < -0.39 is 36.8 Å². The quantitative estimate of drug-likeness (QED) is 0.469. The van der Waals surface area contributed by atoms with Crippen molar-refractivity contribution < 1.29 is 28.7 Å². The molecule has 0 spiro atoms. The van der Waals surface area contributed by atoms with E-state index in [-0.39, 0.29) is 0 Å². The van der Waals surface area contributed by atoms with Gasteiger partial charge in [0.1, 0.15) is 12.3 Å². The van der Waals surface area contributed by atoms with Crippen LogP contribution in [0.25, 0.3) is 0 Å². The molecule has 0 aliphatic rings. The summed E-state index contributed by atoms with van der Waals surface area (Å²) in [6.07, 6.45) is 0. The number of hydrogen-bond acceptors (Lipinski definition) is 6. The maximum Gasteiger partial charge on any atom is 0.325 e. The molecule has 0 bridgehead atoms. The summed E-state index contributed by atoms with van der Waals surface area (Å²) in [4.78, 5) is 46.9. The van der Waals surface area contributed by atoms with Gasteiger partial charge >= 0.3 is 5.97 Å². The maximum absolute atomic E-state index is 11.9. The Kier molecular flexibility index (Phi) is 7.53. The Balaban J connectivity index is 1.66. The van der Waals surface area contributed by atoms with E-state index in [1.165, 1.54) is 7.11 Å². The summed E-state index contributed by atoms with van der Waals surface area (Å²) in [5.41, 5.74) is 5.02. The number of carbonyl (C=O) groups excluding carboxylic acids is 4. The summed E-state index contributed by atoms with van der Waals surface area (Å²) in [6.45, 7) is -1.01. The minimum absolute atomic E-state index is 0.343. The molecule has 9 nitrogen and oxygen atoms in total. The van der Waals surface area contributed by atoms with Gasteiger partial charge in [-0.3, -0.25) is 30.0 Å². The first-order chi connectivity index (χ1) is 13.5. The predicted molar refractivity (Wildman–Crippen MR) is 98.3 cm³/mol. The molecule has 2 aromatic rings. The summed E-state index contributed by atoms with van der Waals surface area (Å²) < 4.78 is 9.72. The Bertz CT molecular complexity index is 837. The number of rotatable bonds is 7. The van der Waals surface area contributed by atoms with E-state index in [1.807, 2.05) is 0 Å². The van der Waals surface area contributed by atoms with Crippen molar-refractivity contribution in [3.05, 3.63) is 65.7 Å². The van der Waals surface area contributed by atoms with Gasteiger partial charge in [-0.1, -0.05) is 18.2 Å². The van der Waals surface area contributed by atoms with E-state index in [0.29, 0.717) is 16.9 Å². The van der Waals surface area contributed by atoms with Gasteiger partial charge in [0.2, 0.25) is 0 Å². The first-order valence-corrected chi connectivity index (χ1v) is 8.21. The first-order valence-electron chi connectivity index (χ1n) is 8.21. The molecule has 2 aromatic carbocycles. The molecule has 0 saturated carbocycles. The van der Waals surface area contributed by atoms with E-state index >= 15 is 0 Å². The van der Waals surface area contributed by atoms with Crippen molar-refractivity contribution in [1.82, 2.24) is 16.2 Å². The molecule has 146 valence electrons. The van der Waals surface area contributed by atoms with E-state index in [2.05, 4.69) is 16.2 Å². The molecule has 0 fully saturated rings. The normalized spacial score (nSPS) is 9.75. The predicted octanol–water partition coefficient (Wildman–Crippen LogP) is 0.429. The molecular formula is C19H19N3O6. The van der Waals surface area contributed by atoms with Crippen LogP contribution >= 0.6 is 0 Å². The lowest BCUT2D eigenvalue weighted by molar-refractivity contribution is -0.147. The van der Waals surface area contributed by atoms with E-state index in [0.717, 1.165) is 0 Å². The van der Waals surface area contributed by atoms with Crippen molar-refractivity contribution in [2.24, 2.45) is 0 Å². The second-order valence-corrected chi connectivity index (χ2v) is 5.44. The highest BCUT2D eigenvalue weighted by molar-refractivity contribution is 5.96. The van der Waals surface area contributed by atoms with Gasteiger partial charge in [-0.25, -0.2) is 0 Å². The molecular weight excluding hydrogens is 366 g/mol. The lowest BCUT2D eigenvalue weighted by Crippen LogP contribution is -2.44. The zero-order valence-corrected chi connectivity index (χ0v) is 15.1. The number of hydrogen-bond donors (Lipinski definition) is 3. The minimum atomic E-state index is -0.800. The average molecular weight is 385 g/mol. The fourth-order valence-electron chi connectivity index (χ4n) is 2.02. The van der Waals surface area contributed by atoms with Crippen LogP contribution in [-0.4, -0.2) is 44.0 Å². The summed E-state index contributed by atoms with van der Waals surface area (Å²) in [7, 11) is 1.51. The van der Waals surface area contributed by atoms with Crippen molar-refractivity contribution >= 4 is 23.7 Å². The molecule has 3 N–H and O–H groups in total. The van der Waals surface area contributed by atoms with Crippen LogP contribution in [0.3, 0.4) is 0 Å². The summed E-state index contributed by atoms with van der Waals surface area (Å²) in [5.74, 6) is -1.90. The van der Waals surface area contributed by atoms with Crippen molar-refractivity contribution in [2.45, 2.75) is 0 Å². The van der Waals surface area contributed by atoms with Gasteiger partial charge in [0, 0.05) is 11.1 Å². The Morgan fingerprint density at radius 3 is 2.11 bits per heavy atom. The fourth-order valence-corrected chi connectivity index (χ4v) is 2.02. The molecule has 0 aromatic heterocycles. The van der Waals surface area contributed by atoms with Crippen LogP contribution < -0.4 is 20.9 Å². The molecule has 0 heterocycles. The highest BCUT2D eigenvalue weighted by atomic mass is 16.5. The molecule has 28 heavy (non-hydrogen) atoms. The number of methoxy groups -OCH3 is 1. The molecule has 0 aliphatic heterocycles. The van der Waals surface area contributed by atoms with Crippen molar-refractivity contribution in [3.8, 4) is 5.75 Å².